The number of aromatic nitrogens is 3. The molecule has 4 N–H and O–H groups in total. The van der Waals surface area contributed by atoms with E-state index >= 15 is 0 Å². The van der Waals surface area contributed by atoms with Crippen molar-refractivity contribution in [2.24, 2.45) is 17.6 Å². The molecule has 0 spiro atoms. The molecule has 0 bridgehead atoms. The highest BCUT2D eigenvalue weighted by molar-refractivity contribution is 14.1. The fourth-order valence-electron chi connectivity index (χ4n) is 4.97. The zero-order valence-corrected chi connectivity index (χ0v) is 26.8. The Kier molecular flexibility index (Phi) is 10.6. The molecule has 10 nitrogen and oxygen atoms in total. The summed E-state index contributed by atoms with van der Waals surface area (Å²) in [7, 11) is 0. The SMILES string of the molecule is CC(C)(C)OC(=O)NC[C@H]1CC[C@H](C(=O)N(C(=O)[C@@H](N)Cc2ccc(I)cc2)c2ccc(-c3nnc(Cl)[nH]3)cc2)CC1. The van der Waals surface area contributed by atoms with Gasteiger partial charge in [-0.25, -0.2) is 9.69 Å². The van der Waals surface area contributed by atoms with Crippen LogP contribution in [0.2, 0.25) is 5.28 Å². The average Bonchev–Trinajstić information content (AvgIpc) is 3.39. The molecule has 0 saturated heterocycles. The summed E-state index contributed by atoms with van der Waals surface area (Å²) in [4.78, 5) is 43.9. The number of amides is 3. The monoisotopic (exact) mass is 706 g/mol. The fraction of sp³-hybridized carbons (Fsp3) is 0.433. The number of aromatic amines is 1. The molecule has 12 heteroatoms. The Morgan fingerprint density at radius 2 is 1.71 bits per heavy atom. The molecule has 0 aliphatic heterocycles. The minimum Gasteiger partial charge on any atom is -0.444 e. The van der Waals surface area contributed by atoms with Gasteiger partial charge in [-0.1, -0.05) is 12.1 Å². The van der Waals surface area contributed by atoms with E-state index < -0.39 is 23.6 Å². The van der Waals surface area contributed by atoms with Gasteiger partial charge in [0.1, 0.15) is 5.60 Å². The number of nitrogens with zero attached hydrogens (tertiary/aromatic N) is 3. The molecule has 1 saturated carbocycles. The third-order valence-corrected chi connectivity index (χ3v) is 8.00. The van der Waals surface area contributed by atoms with Crippen LogP contribution in [-0.2, 0) is 20.7 Å². The third-order valence-electron chi connectivity index (χ3n) is 7.12. The normalized spacial score (nSPS) is 17.8. The largest absolute Gasteiger partial charge is 0.444 e. The van der Waals surface area contributed by atoms with E-state index in [-0.39, 0.29) is 23.0 Å². The van der Waals surface area contributed by atoms with E-state index in [1.807, 2.05) is 45.0 Å². The number of anilines is 1. The summed E-state index contributed by atoms with van der Waals surface area (Å²) < 4.78 is 6.41. The number of benzene rings is 2. The first-order valence-corrected chi connectivity index (χ1v) is 15.4. The minimum atomic E-state index is -0.906. The molecule has 4 rings (SSSR count). The van der Waals surface area contributed by atoms with Gasteiger partial charge in [0.05, 0.1) is 11.7 Å². The molecule has 3 aromatic rings. The van der Waals surface area contributed by atoms with Crippen molar-refractivity contribution in [3.8, 4) is 11.4 Å². The average molecular weight is 707 g/mol. The van der Waals surface area contributed by atoms with E-state index in [2.05, 4.69) is 43.1 Å². The number of ether oxygens (including phenoxy) is 1. The Bertz CT molecular complexity index is 1380. The van der Waals surface area contributed by atoms with Gasteiger partial charge in [-0.3, -0.25) is 9.59 Å². The van der Waals surface area contributed by atoms with Crippen LogP contribution in [0.15, 0.2) is 48.5 Å². The first-order chi connectivity index (χ1) is 19.9. The van der Waals surface area contributed by atoms with Gasteiger partial charge in [-0.05, 0) is 135 Å². The number of hydrogen-bond donors (Lipinski definition) is 3. The quantitative estimate of drug-likeness (QED) is 0.263. The summed E-state index contributed by atoms with van der Waals surface area (Å²) in [5, 5.41) is 10.8. The number of nitrogens with one attached hydrogen (secondary N) is 2. The molecule has 1 fully saturated rings. The van der Waals surface area contributed by atoms with Crippen molar-refractivity contribution in [3.05, 3.63) is 62.9 Å². The Morgan fingerprint density at radius 1 is 1.07 bits per heavy atom. The molecule has 2 aromatic carbocycles. The summed E-state index contributed by atoms with van der Waals surface area (Å²) in [5.74, 6) is -0.369. The third kappa shape index (κ3) is 8.74. The molecule has 0 unspecified atom stereocenters. The maximum absolute atomic E-state index is 13.9. The van der Waals surface area contributed by atoms with Crippen LogP contribution < -0.4 is 16.0 Å². The lowest BCUT2D eigenvalue weighted by atomic mass is 9.81. The van der Waals surface area contributed by atoms with Gasteiger partial charge in [-0.2, -0.15) is 0 Å². The topological polar surface area (TPSA) is 143 Å². The number of hydrogen-bond acceptors (Lipinski definition) is 7. The molecular weight excluding hydrogens is 671 g/mol. The summed E-state index contributed by atoms with van der Waals surface area (Å²) in [6.45, 7) is 5.94. The van der Waals surface area contributed by atoms with Crippen molar-refractivity contribution in [1.29, 1.82) is 0 Å². The van der Waals surface area contributed by atoms with Crippen LogP contribution in [0, 0.1) is 15.4 Å². The Labute approximate surface area is 264 Å². The molecule has 1 atom stereocenters. The van der Waals surface area contributed by atoms with E-state index in [1.165, 1.54) is 4.90 Å². The Hall–Kier alpha value is -3.03. The predicted molar refractivity (Wildman–Crippen MR) is 170 cm³/mol. The number of alkyl carbamates (subject to hydrolysis) is 1. The lowest BCUT2D eigenvalue weighted by Gasteiger charge is -2.32. The first kappa shape index (κ1) is 31.9. The van der Waals surface area contributed by atoms with E-state index in [4.69, 9.17) is 22.1 Å². The second-order valence-corrected chi connectivity index (χ2v) is 13.2. The number of nitrogens with two attached hydrogens (primary N) is 1. The zero-order chi connectivity index (χ0) is 30.4. The molecule has 1 heterocycles. The minimum absolute atomic E-state index is 0.166. The molecule has 1 aromatic heterocycles. The smallest absolute Gasteiger partial charge is 0.407 e. The highest BCUT2D eigenvalue weighted by Crippen LogP contribution is 2.32. The Morgan fingerprint density at radius 3 is 2.29 bits per heavy atom. The maximum atomic E-state index is 13.9. The molecular formula is C30H36ClIN6O4. The second kappa shape index (κ2) is 14.0. The number of H-pyrrole nitrogens is 1. The highest BCUT2D eigenvalue weighted by atomic mass is 127. The van der Waals surface area contributed by atoms with Crippen LogP contribution in [0.3, 0.4) is 0 Å². The molecule has 1 aliphatic rings. The maximum Gasteiger partial charge on any atom is 0.407 e. The van der Waals surface area contributed by atoms with E-state index in [9.17, 15) is 14.4 Å². The van der Waals surface area contributed by atoms with Crippen molar-refractivity contribution >= 4 is 57.8 Å². The van der Waals surface area contributed by atoms with Crippen molar-refractivity contribution < 1.29 is 19.1 Å². The highest BCUT2D eigenvalue weighted by Gasteiger charge is 2.35. The van der Waals surface area contributed by atoms with Crippen molar-refractivity contribution in [3.63, 3.8) is 0 Å². The van der Waals surface area contributed by atoms with Crippen molar-refractivity contribution in [2.75, 3.05) is 11.4 Å². The fourth-order valence-corrected chi connectivity index (χ4v) is 5.46. The molecule has 3 amide bonds. The number of imide groups is 1. The lowest BCUT2D eigenvalue weighted by Crippen LogP contribution is -2.50. The molecule has 1 aliphatic carbocycles. The Balaban J connectivity index is 1.47. The first-order valence-electron chi connectivity index (χ1n) is 13.9. The van der Waals surface area contributed by atoms with E-state index in [0.717, 1.165) is 22.0 Å². The lowest BCUT2D eigenvalue weighted by molar-refractivity contribution is -0.130. The van der Waals surface area contributed by atoms with Crippen LogP contribution in [0.4, 0.5) is 10.5 Å². The van der Waals surface area contributed by atoms with E-state index in [0.29, 0.717) is 42.9 Å². The van der Waals surface area contributed by atoms with E-state index in [1.54, 1.807) is 24.3 Å². The number of rotatable bonds is 8. The van der Waals surface area contributed by atoms with Gasteiger partial charge in [0.25, 0.3) is 5.91 Å². The molecule has 0 radical (unpaired) electrons. The van der Waals surface area contributed by atoms with Crippen LogP contribution in [0.25, 0.3) is 11.4 Å². The van der Waals surface area contributed by atoms with Gasteiger partial charge < -0.3 is 20.8 Å². The molecule has 42 heavy (non-hydrogen) atoms. The standard InChI is InChI=1S/C30H36ClIN6O4/c1-30(2,3)42-29(41)34-17-19-4-8-21(9-5-19)26(39)38(27(40)24(33)16-18-6-12-22(32)13-7-18)23-14-10-20(11-15-23)25-35-28(31)37-36-25/h6-7,10-15,19,21,24H,4-5,8-9,16-17,33H2,1-3H3,(H,34,41)(H,35,36,37)/t19-,21-,24-/m0/s1. The van der Waals surface area contributed by atoms with Gasteiger partial charge >= 0.3 is 6.09 Å². The summed E-state index contributed by atoms with van der Waals surface area (Å²) >= 11 is 8.10. The summed E-state index contributed by atoms with van der Waals surface area (Å²) in [6, 6.07) is 13.8. The number of carbonyl (C=O) groups is 3. The van der Waals surface area contributed by atoms with Gasteiger partial charge in [0.2, 0.25) is 11.2 Å². The predicted octanol–water partition coefficient (Wildman–Crippen LogP) is 5.49. The molecule has 224 valence electrons. The van der Waals surface area contributed by atoms with Crippen LogP contribution in [0.1, 0.15) is 52.0 Å². The van der Waals surface area contributed by atoms with Crippen LogP contribution >= 0.6 is 34.2 Å². The van der Waals surface area contributed by atoms with Crippen LogP contribution in [-0.4, -0.2) is 51.3 Å². The van der Waals surface area contributed by atoms with Gasteiger partial charge in [0.15, 0.2) is 5.82 Å². The van der Waals surface area contributed by atoms with Gasteiger partial charge in [-0.15, -0.1) is 10.2 Å². The number of carbonyl (C=O) groups excluding carboxylic acids is 3. The van der Waals surface area contributed by atoms with Crippen LogP contribution in [0.5, 0.6) is 0 Å². The summed E-state index contributed by atoms with van der Waals surface area (Å²) in [5.41, 5.74) is 7.91. The summed E-state index contributed by atoms with van der Waals surface area (Å²) in [6.07, 6.45) is 2.55. The zero-order valence-electron chi connectivity index (χ0n) is 23.9. The van der Waals surface area contributed by atoms with Gasteiger partial charge in [0, 0.05) is 21.6 Å². The second-order valence-electron chi connectivity index (χ2n) is 11.6. The van der Waals surface area contributed by atoms with Crippen molar-refractivity contribution in [2.45, 2.75) is 64.5 Å². The number of halogens is 2. The van der Waals surface area contributed by atoms with Crippen molar-refractivity contribution in [1.82, 2.24) is 20.5 Å².